The fourth-order valence-corrected chi connectivity index (χ4v) is 3.64. The smallest absolute Gasteiger partial charge is 0.230 e. The zero-order chi connectivity index (χ0) is 15.1. The third kappa shape index (κ3) is 1.80. The number of likely N-dealkylation sites (N-methyl/N-ethyl adjacent to an activating group) is 1. The average molecular weight is 274 g/mol. The molecule has 2 atom stereocenters. The van der Waals surface area contributed by atoms with E-state index in [9.17, 15) is 4.79 Å². The molecule has 3 rings (SSSR count). The molecule has 1 aliphatic heterocycles. The van der Waals surface area contributed by atoms with Crippen LogP contribution in [0.5, 0.6) is 0 Å². The second-order valence-corrected chi connectivity index (χ2v) is 5.74. The number of benzene rings is 1. The summed E-state index contributed by atoms with van der Waals surface area (Å²) in [5.41, 5.74) is 10.4. The van der Waals surface area contributed by atoms with Crippen LogP contribution in [0.4, 0.5) is 0 Å². The Morgan fingerprint density at radius 3 is 2.50 bits per heavy atom. The highest BCUT2D eigenvalue weighted by atomic mass is 16.1. The average Bonchev–Trinajstić information content (AvgIpc) is 2.79. The fourth-order valence-electron chi connectivity index (χ4n) is 3.64. The number of hydrogen-bond donors (Lipinski definition) is 1. The summed E-state index contributed by atoms with van der Waals surface area (Å²) in [4.78, 5) is 14.3. The van der Waals surface area contributed by atoms with E-state index in [2.05, 4.69) is 37.8 Å². The second-order valence-electron chi connectivity index (χ2n) is 5.74. The number of likely N-dealkylation sites (tertiary alicyclic amines) is 1. The number of fused-ring (bicyclic) bond motifs is 4. The minimum Gasteiger partial charge on any atom is -0.369 e. The zero-order valence-corrected chi connectivity index (χ0v) is 13.3. The van der Waals surface area contributed by atoms with Gasteiger partial charge in [-0.05, 0) is 42.6 Å². The maximum atomic E-state index is 12.0. The topological polar surface area (TPSA) is 46.3 Å². The van der Waals surface area contributed by atoms with Crippen LogP contribution in [0.1, 0.15) is 48.9 Å². The van der Waals surface area contributed by atoms with Crippen LogP contribution in [-0.4, -0.2) is 30.4 Å². The molecular formula is C17H26N2O. The van der Waals surface area contributed by atoms with E-state index in [0.29, 0.717) is 5.92 Å². The number of hydrogen-bond acceptors (Lipinski definition) is 2. The normalized spacial score (nSPS) is 26.9. The molecule has 1 aromatic carbocycles. The van der Waals surface area contributed by atoms with Crippen LogP contribution in [0.25, 0.3) is 0 Å². The van der Waals surface area contributed by atoms with E-state index in [1.165, 1.54) is 22.3 Å². The SMILES string of the molecule is CC.CCN1CC2c3cc(C)c(C)cc3C2(C(N)=O)C1. The minimum absolute atomic E-state index is 0.154. The molecule has 2 aliphatic rings. The standard InChI is InChI=1S/C15H20N2O.C2H6/c1-4-17-7-13-11-5-9(2)10(3)6-12(11)15(13,8-17)14(16)18;1-2/h5-6,13H,4,7-8H2,1-3H3,(H2,16,18);1-2H3. The summed E-state index contributed by atoms with van der Waals surface area (Å²) in [6.45, 7) is 13.1. The van der Waals surface area contributed by atoms with Crippen molar-refractivity contribution in [3.8, 4) is 0 Å². The molecule has 3 heteroatoms. The van der Waals surface area contributed by atoms with E-state index in [1.807, 2.05) is 13.8 Å². The van der Waals surface area contributed by atoms with Crippen molar-refractivity contribution in [1.29, 1.82) is 0 Å². The predicted octanol–water partition coefficient (Wildman–Crippen LogP) is 2.49. The van der Waals surface area contributed by atoms with Crippen molar-refractivity contribution >= 4 is 5.91 Å². The molecular weight excluding hydrogens is 248 g/mol. The molecule has 1 heterocycles. The molecule has 3 nitrogen and oxygen atoms in total. The first-order valence-corrected chi connectivity index (χ1v) is 7.64. The van der Waals surface area contributed by atoms with Gasteiger partial charge in [-0.25, -0.2) is 0 Å². The Morgan fingerprint density at radius 2 is 1.95 bits per heavy atom. The Labute approximate surface area is 122 Å². The van der Waals surface area contributed by atoms with Gasteiger partial charge in [0.25, 0.3) is 0 Å². The molecule has 0 aromatic heterocycles. The van der Waals surface area contributed by atoms with E-state index in [0.717, 1.165) is 19.6 Å². The van der Waals surface area contributed by atoms with E-state index in [-0.39, 0.29) is 5.91 Å². The quantitative estimate of drug-likeness (QED) is 0.900. The Hall–Kier alpha value is -1.35. The van der Waals surface area contributed by atoms with Crippen molar-refractivity contribution in [2.24, 2.45) is 5.73 Å². The first-order valence-electron chi connectivity index (χ1n) is 7.64. The fraction of sp³-hybridized carbons (Fsp3) is 0.588. The minimum atomic E-state index is -0.413. The monoisotopic (exact) mass is 274 g/mol. The molecule has 0 saturated carbocycles. The molecule has 20 heavy (non-hydrogen) atoms. The Morgan fingerprint density at radius 1 is 1.35 bits per heavy atom. The van der Waals surface area contributed by atoms with Gasteiger partial charge in [0.1, 0.15) is 0 Å². The third-order valence-electron chi connectivity index (χ3n) is 4.92. The van der Waals surface area contributed by atoms with E-state index < -0.39 is 5.41 Å². The van der Waals surface area contributed by atoms with Gasteiger partial charge in [-0.1, -0.05) is 32.9 Å². The lowest BCUT2D eigenvalue weighted by molar-refractivity contribution is -0.124. The van der Waals surface area contributed by atoms with Crippen molar-refractivity contribution in [3.05, 3.63) is 34.4 Å². The van der Waals surface area contributed by atoms with Gasteiger partial charge in [0.15, 0.2) is 0 Å². The second kappa shape index (κ2) is 5.21. The number of carbonyl (C=O) groups is 1. The molecule has 0 spiro atoms. The Kier molecular flexibility index (Phi) is 3.92. The first-order chi connectivity index (χ1) is 9.50. The number of nitrogens with zero attached hydrogens (tertiary/aromatic N) is 1. The molecule has 1 amide bonds. The lowest BCUT2D eigenvalue weighted by Gasteiger charge is -2.44. The molecule has 1 aliphatic carbocycles. The maximum absolute atomic E-state index is 12.0. The molecule has 2 unspecified atom stereocenters. The summed E-state index contributed by atoms with van der Waals surface area (Å²) < 4.78 is 0. The molecule has 1 fully saturated rings. The summed E-state index contributed by atoms with van der Waals surface area (Å²) in [5, 5.41) is 0. The van der Waals surface area contributed by atoms with Crippen molar-refractivity contribution in [1.82, 2.24) is 4.90 Å². The van der Waals surface area contributed by atoms with Crippen LogP contribution in [0.3, 0.4) is 0 Å². The number of amides is 1. The van der Waals surface area contributed by atoms with Crippen molar-refractivity contribution in [2.45, 2.75) is 46.0 Å². The molecule has 1 saturated heterocycles. The molecule has 2 N–H and O–H groups in total. The highest BCUT2D eigenvalue weighted by molar-refractivity contribution is 5.93. The largest absolute Gasteiger partial charge is 0.369 e. The number of rotatable bonds is 2. The number of nitrogens with two attached hydrogens (primary N) is 1. The van der Waals surface area contributed by atoms with Gasteiger partial charge in [0.2, 0.25) is 5.91 Å². The lowest BCUT2D eigenvalue weighted by atomic mass is 9.57. The van der Waals surface area contributed by atoms with E-state index in [4.69, 9.17) is 5.73 Å². The maximum Gasteiger partial charge on any atom is 0.230 e. The summed E-state index contributed by atoms with van der Waals surface area (Å²) >= 11 is 0. The van der Waals surface area contributed by atoms with Gasteiger partial charge in [0, 0.05) is 19.0 Å². The highest BCUT2D eigenvalue weighted by Gasteiger charge is 2.60. The van der Waals surface area contributed by atoms with Crippen molar-refractivity contribution in [2.75, 3.05) is 19.6 Å². The van der Waals surface area contributed by atoms with Crippen LogP contribution < -0.4 is 5.73 Å². The van der Waals surface area contributed by atoms with Crippen LogP contribution in [0.15, 0.2) is 12.1 Å². The van der Waals surface area contributed by atoms with E-state index >= 15 is 0 Å². The van der Waals surface area contributed by atoms with Crippen LogP contribution in [0.2, 0.25) is 0 Å². The highest BCUT2D eigenvalue weighted by Crippen LogP contribution is 2.56. The van der Waals surface area contributed by atoms with Gasteiger partial charge in [0.05, 0.1) is 5.41 Å². The number of aryl methyl sites for hydroxylation is 2. The number of carbonyl (C=O) groups excluding carboxylic acids is 1. The lowest BCUT2D eigenvalue weighted by Crippen LogP contribution is -2.53. The summed E-state index contributed by atoms with van der Waals surface area (Å²) in [5.74, 6) is 0.156. The van der Waals surface area contributed by atoms with Gasteiger partial charge in [-0.2, -0.15) is 0 Å². The predicted molar refractivity (Wildman–Crippen MR) is 83.0 cm³/mol. The van der Waals surface area contributed by atoms with Gasteiger partial charge in [-0.15, -0.1) is 0 Å². The van der Waals surface area contributed by atoms with Gasteiger partial charge in [-0.3, -0.25) is 4.79 Å². The number of primary amides is 1. The summed E-state index contributed by atoms with van der Waals surface area (Å²) in [6, 6.07) is 4.42. The zero-order valence-electron chi connectivity index (χ0n) is 13.3. The van der Waals surface area contributed by atoms with Crippen LogP contribution >= 0.6 is 0 Å². The van der Waals surface area contributed by atoms with Crippen molar-refractivity contribution < 1.29 is 4.79 Å². The van der Waals surface area contributed by atoms with Crippen LogP contribution in [-0.2, 0) is 10.2 Å². The summed E-state index contributed by atoms with van der Waals surface area (Å²) in [7, 11) is 0. The summed E-state index contributed by atoms with van der Waals surface area (Å²) in [6.07, 6.45) is 0. The van der Waals surface area contributed by atoms with Gasteiger partial charge >= 0.3 is 0 Å². The molecule has 0 radical (unpaired) electrons. The molecule has 1 aromatic rings. The Bertz CT molecular complexity index is 538. The molecule has 0 bridgehead atoms. The van der Waals surface area contributed by atoms with E-state index in [1.54, 1.807) is 0 Å². The third-order valence-corrected chi connectivity index (χ3v) is 4.92. The Balaban J connectivity index is 0.000000704. The molecule has 110 valence electrons. The first kappa shape index (κ1) is 15.0. The van der Waals surface area contributed by atoms with Crippen LogP contribution in [0, 0.1) is 13.8 Å². The van der Waals surface area contributed by atoms with Gasteiger partial charge < -0.3 is 10.6 Å². The van der Waals surface area contributed by atoms with Crippen molar-refractivity contribution in [3.63, 3.8) is 0 Å².